The first-order valence-corrected chi connectivity index (χ1v) is 7.32. The van der Waals surface area contributed by atoms with Gasteiger partial charge in [-0.15, -0.1) is 0 Å². The summed E-state index contributed by atoms with van der Waals surface area (Å²) in [5.41, 5.74) is 1.72. The van der Waals surface area contributed by atoms with Crippen molar-refractivity contribution in [3.8, 4) is 11.5 Å². The van der Waals surface area contributed by atoms with E-state index in [9.17, 15) is 5.11 Å². The van der Waals surface area contributed by atoms with Crippen LogP contribution in [0.1, 0.15) is 17.2 Å². The van der Waals surface area contributed by atoms with Crippen molar-refractivity contribution in [3.05, 3.63) is 57.0 Å². The standard InChI is InChI=1S/C15H12BrClO3/c16-10-2-1-9(13(17)5-10)7-19-11-3-4-12-14(18)8-20-15(12)6-11/h1-6,14,18H,7-8H2. The van der Waals surface area contributed by atoms with Crippen LogP contribution in [-0.2, 0) is 6.61 Å². The molecule has 1 unspecified atom stereocenters. The number of fused-ring (bicyclic) bond motifs is 1. The number of hydrogen-bond donors (Lipinski definition) is 1. The largest absolute Gasteiger partial charge is 0.490 e. The third-order valence-corrected chi connectivity index (χ3v) is 4.00. The average Bonchev–Trinajstić information content (AvgIpc) is 2.79. The third kappa shape index (κ3) is 2.77. The second-order valence-electron chi connectivity index (χ2n) is 4.55. The molecule has 2 aromatic carbocycles. The molecule has 104 valence electrons. The molecule has 1 heterocycles. The molecule has 2 aromatic rings. The van der Waals surface area contributed by atoms with Crippen molar-refractivity contribution in [2.75, 3.05) is 6.61 Å². The second kappa shape index (κ2) is 5.64. The van der Waals surface area contributed by atoms with E-state index in [-0.39, 0.29) is 0 Å². The van der Waals surface area contributed by atoms with Crippen LogP contribution < -0.4 is 9.47 Å². The third-order valence-electron chi connectivity index (χ3n) is 3.15. The predicted molar refractivity (Wildman–Crippen MR) is 80.4 cm³/mol. The van der Waals surface area contributed by atoms with Crippen molar-refractivity contribution in [2.24, 2.45) is 0 Å². The molecule has 0 saturated heterocycles. The van der Waals surface area contributed by atoms with Crippen molar-refractivity contribution < 1.29 is 14.6 Å². The van der Waals surface area contributed by atoms with Gasteiger partial charge in [0.2, 0.25) is 0 Å². The fourth-order valence-corrected chi connectivity index (χ4v) is 2.79. The summed E-state index contributed by atoms with van der Waals surface area (Å²) < 4.78 is 12.0. The van der Waals surface area contributed by atoms with Crippen molar-refractivity contribution in [2.45, 2.75) is 12.7 Å². The molecule has 1 aliphatic heterocycles. The zero-order chi connectivity index (χ0) is 14.1. The lowest BCUT2D eigenvalue weighted by atomic mass is 10.1. The Morgan fingerprint density at radius 1 is 1.30 bits per heavy atom. The molecule has 1 N–H and O–H groups in total. The summed E-state index contributed by atoms with van der Waals surface area (Å²) in [6.07, 6.45) is -0.542. The Hall–Kier alpha value is -1.23. The maximum absolute atomic E-state index is 9.65. The smallest absolute Gasteiger partial charge is 0.129 e. The molecule has 0 amide bonds. The lowest BCUT2D eigenvalue weighted by Crippen LogP contribution is -1.97. The van der Waals surface area contributed by atoms with E-state index in [1.54, 1.807) is 6.07 Å². The van der Waals surface area contributed by atoms with Crippen molar-refractivity contribution in [1.29, 1.82) is 0 Å². The molecule has 0 aliphatic carbocycles. The van der Waals surface area contributed by atoms with Gasteiger partial charge in [-0.1, -0.05) is 33.6 Å². The molecule has 3 rings (SSSR count). The fourth-order valence-electron chi connectivity index (χ4n) is 2.06. The Bertz CT molecular complexity index is 645. The van der Waals surface area contributed by atoms with E-state index >= 15 is 0 Å². The van der Waals surface area contributed by atoms with E-state index in [0.717, 1.165) is 15.6 Å². The van der Waals surface area contributed by atoms with Crippen LogP contribution in [0.25, 0.3) is 0 Å². The van der Waals surface area contributed by atoms with E-state index in [1.807, 2.05) is 30.3 Å². The number of benzene rings is 2. The second-order valence-corrected chi connectivity index (χ2v) is 5.87. The molecule has 0 fully saturated rings. The molecule has 0 radical (unpaired) electrons. The van der Waals surface area contributed by atoms with E-state index in [4.69, 9.17) is 21.1 Å². The van der Waals surface area contributed by atoms with Gasteiger partial charge in [-0.3, -0.25) is 0 Å². The van der Waals surface area contributed by atoms with E-state index in [0.29, 0.717) is 29.7 Å². The zero-order valence-corrected chi connectivity index (χ0v) is 12.8. The van der Waals surface area contributed by atoms with Crippen molar-refractivity contribution in [1.82, 2.24) is 0 Å². The van der Waals surface area contributed by atoms with Crippen LogP contribution in [0.3, 0.4) is 0 Å². The quantitative estimate of drug-likeness (QED) is 0.900. The summed E-state index contributed by atoms with van der Waals surface area (Å²) in [5.74, 6) is 1.37. The highest BCUT2D eigenvalue weighted by molar-refractivity contribution is 9.10. The Balaban J connectivity index is 1.73. The van der Waals surface area contributed by atoms with Crippen molar-refractivity contribution in [3.63, 3.8) is 0 Å². The SMILES string of the molecule is OC1COc2cc(OCc3ccc(Br)cc3Cl)ccc21. The van der Waals surface area contributed by atoms with Crippen molar-refractivity contribution >= 4 is 27.5 Å². The molecule has 1 aliphatic rings. The molecule has 3 nitrogen and oxygen atoms in total. The topological polar surface area (TPSA) is 38.7 Å². The number of hydrogen-bond acceptors (Lipinski definition) is 3. The summed E-state index contributed by atoms with van der Waals surface area (Å²) in [5, 5.41) is 10.3. The highest BCUT2D eigenvalue weighted by Gasteiger charge is 2.22. The molecule has 20 heavy (non-hydrogen) atoms. The molecule has 0 bridgehead atoms. The average molecular weight is 356 g/mol. The van der Waals surface area contributed by atoms with Crippen LogP contribution in [0, 0.1) is 0 Å². The maximum atomic E-state index is 9.65. The van der Waals surface area contributed by atoms with Gasteiger partial charge in [0, 0.05) is 26.7 Å². The van der Waals surface area contributed by atoms with E-state index in [2.05, 4.69) is 15.9 Å². The number of halogens is 2. The molecular formula is C15H12BrClO3. The summed E-state index contributed by atoms with van der Waals surface area (Å²) in [4.78, 5) is 0. The van der Waals surface area contributed by atoms with Gasteiger partial charge in [-0.2, -0.15) is 0 Å². The molecular weight excluding hydrogens is 344 g/mol. The lowest BCUT2D eigenvalue weighted by molar-refractivity contribution is 0.140. The van der Waals surface area contributed by atoms with Crippen LogP contribution in [0.2, 0.25) is 5.02 Å². The highest BCUT2D eigenvalue weighted by Crippen LogP contribution is 2.35. The van der Waals surface area contributed by atoms with Gasteiger partial charge in [-0.25, -0.2) is 0 Å². The Morgan fingerprint density at radius 3 is 2.95 bits per heavy atom. The van der Waals surface area contributed by atoms with Crippen LogP contribution in [-0.4, -0.2) is 11.7 Å². The summed E-state index contributed by atoms with van der Waals surface area (Å²) in [6.45, 7) is 0.685. The van der Waals surface area contributed by atoms with Gasteiger partial charge in [0.05, 0.1) is 0 Å². The summed E-state index contributed by atoms with van der Waals surface area (Å²) in [7, 11) is 0. The minimum atomic E-state index is -0.542. The van der Waals surface area contributed by atoms with Gasteiger partial charge in [-0.05, 0) is 24.3 Å². The van der Waals surface area contributed by atoms with Crippen LogP contribution in [0.15, 0.2) is 40.9 Å². The van der Waals surface area contributed by atoms with Gasteiger partial charge < -0.3 is 14.6 Å². The Morgan fingerprint density at radius 2 is 2.15 bits per heavy atom. The van der Waals surface area contributed by atoms with Crippen LogP contribution >= 0.6 is 27.5 Å². The molecule has 0 aromatic heterocycles. The van der Waals surface area contributed by atoms with E-state index in [1.165, 1.54) is 0 Å². The van der Waals surface area contributed by atoms with Gasteiger partial charge >= 0.3 is 0 Å². The highest BCUT2D eigenvalue weighted by atomic mass is 79.9. The first-order chi connectivity index (χ1) is 9.63. The zero-order valence-electron chi connectivity index (χ0n) is 10.5. The first kappa shape index (κ1) is 13.7. The number of aliphatic hydroxyl groups is 1. The summed E-state index contributed by atoms with van der Waals surface area (Å²) >= 11 is 9.51. The van der Waals surface area contributed by atoms with Crippen LogP contribution in [0.4, 0.5) is 0 Å². The molecule has 5 heteroatoms. The molecule has 1 atom stereocenters. The van der Waals surface area contributed by atoms with Crippen LogP contribution in [0.5, 0.6) is 11.5 Å². The number of ether oxygens (including phenoxy) is 2. The summed E-state index contributed by atoms with van der Waals surface area (Å²) in [6, 6.07) is 11.1. The normalized spacial score (nSPS) is 16.6. The predicted octanol–water partition coefficient (Wildman–Crippen LogP) is 4.11. The number of aliphatic hydroxyl groups excluding tert-OH is 1. The minimum absolute atomic E-state index is 0.303. The van der Waals surface area contributed by atoms with Gasteiger partial charge in [0.15, 0.2) is 0 Å². The van der Waals surface area contributed by atoms with Gasteiger partial charge in [0.25, 0.3) is 0 Å². The Kier molecular flexibility index (Phi) is 3.87. The van der Waals surface area contributed by atoms with Gasteiger partial charge in [0.1, 0.15) is 30.8 Å². The first-order valence-electron chi connectivity index (χ1n) is 6.15. The monoisotopic (exact) mass is 354 g/mol. The maximum Gasteiger partial charge on any atom is 0.129 e. The molecule has 0 saturated carbocycles. The minimum Gasteiger partial charge on any atom is -0.490 e. The number of rotatable bonds is 3. The Labute approximate surface area is 130 Å². The lowest BCUT2D eigenvalue weighted by Gasteiger charge is -2.09. The molecule has 0 spiro atoms. The van der Waals surface area contributed by atoms with E-state index < -0.39 is 6.10 Å². The fraction of sp³-hybridized carbons (Fsp3) is 0.200.